The Balaban J connectivity index is 2.05. The summed E-state index contributed by atoms with van der Waals surface area (Å²) in [6.07, 6.45) is 4.56. The summed E-state index contributed by atoms with van der Waals surface area (Å²) in [6, 6.07) is 7.38. The van der Waals surface area contributed by atoms with Crippen LogP contribution in [0.5, 0.6) is 0 Å². The highest BCUT2D eigenvalue weighted by atomic mass is 16.4. The lowest BCUT2D eigenvalue weighted by molar-refractivity contribution is 0.0697. The smallest absolute Gasteiger partial charge is 0.335 e. The van der Waals surface area contributed by atoms with Crippen LogP contribution in [-0.2, 0) is 6.42 Å². The summed E-state index contributed by atoms with van der Waals surface area (Å²) in [5.74, 6) is -0.892. The number of hydrogen-bond donors (Lipinski definition) is 1. The molecule has 0 aliphatic carbocycles. The third kappa shape index (κ3) is 2.05. The Morgan fingerprint density at radius 2 is 2.16 bits per heavy atom. The first-order valence-electron chi connectivity index (χ1n) is 6.20. The van der Waals surface area contributed by atoms with E-state index in [-0.39, 0.29) is 0 Å². The number of carbonyl (C=O) groups is 1. The number of aromatic carboxylic acids is 1. The van der Waals surface area contributed by atoms with Crippen molar-refractivity contribution in [2.75, 3.05) is 11.4 Å². The lowest BCUT2D eigenvalue weighted by Gasteiger charge is -2.19. The first kappa shape index (κ1) is 11.7. The molecule has 3 rings (SSSR count). The van der Waals surface area contributed by atoms with Gasteiger partial charge in [-0.05, 0) is 42.7 Å². The van der Waals surface area contributed by atoms with Crippen molar-refractivity contribution < 1.29 is 9.90 Å². The minimum absolute atomic E-state index is 0.325. The average Bonchev–Trinajstić information content (AvgIpc) is 2.81. The van der Waals surface area contributed by atoms with Crippen molar-refractivity contribution in [1.82, 2.24) is 4.98 Å². The van der Waals surface area contributed by atoms with Crippen molar-refractivity contribution in [3.63, 3.8) is 0 Å². The zero-order valence-electron chi connectivity index (χ0n) is 10.6. The zero-order chi connectivity index (χ0) is 13.4. The van der Waals surface area contributed by atoms with E-state index in [1.165, 1.54) is 5.56 Å². The number of benzene rings is 1. The van der Waals surface area contributed by atoms with Gasteiger partial charge in [0.1, 0.15) is 0 Å². The van der Waals surface area contributed by atoms with Crippen LogP contribution in [0.2, 0.25) is 0 Å². The normalized spacial score (nSPS) is 13.4. The number of aromatic nitrogens is 1. The molecule has 4 heteroatoms. The van der Waals surface area contributed by atoms with Crippen LogP contribution in [0.1, 0.15) is 21.5 Å². The predicted molar refractivity (Wildman–Crippen MR) is 73.1 cm³/mol. The van der Waals surface area contributed by atoms with Gasteiger partial charge in [0.2, 0.25) is 0 Å². The van der Waals surface area contributed by atoms with Gasteiger partial charge in [-0.3, -0.25) is 4.98 Å². The SMILES string of the molecule is Cc1cncc(N2CCc3ccc(C(=O)O)cc32)c1. The predicted octanol–water partition coefficient (Wildman–Crippen LogP) is 2.78. The van der Waals surface area contributed by atoms with Crippen LogP contribution in [-0.4, -0.2) is 22.6 Å². The molecule has 2 heterocycles. The van der Waals surface area contributed by atoms with E-state index in [9.17, 15) is 4.79 Å². The fourth-order valence-corrected chi connectivity index (χ4v) is 2.47. The Morgan fingerprint density at radius 3 is 2.89 bits per heavy atom. The van der Waals surface area contributed by atoms with Crippen LogP contribution in [0.25, 0.3) is 0 Å². The summed E-state index contributed by atoms with van der Waals surface area (Å²) in [7, 11) is 0. The Bertz CT molecular complexity index is 652. The van der Waals surface area contributed by atoms with Gasteiger partial charge in [-0.15, -0.1) is 0 Å². The minimum atomic E-state index is -0.892. The number of aryl methyl sites for hydroxylation is 1. The third-order valence-corrected chi connectivity index (χ3v) is 3.40. The Morgan fingerprint density at radius 1 is 1.32 bits per heavy atom. The van der Waals surface area contributed by atoms with Gasteiger partial charge in [0.15, 0.2) is 0 Å². The lowest BCUT2D eigenvalue weighted by atomic mass is 10.1. The standard InChI is InChI=1S/C15H14N2O2/c1-10-6-13(9-16-8-10)17-5-4-11-2-3-12(15(18)19)7-14(11)17/h2-3,6-9H,4-5H2,1H3,(H,18,19). The van der Waals surface area contributed by atoms with Gasteiger partial charge in [0.05, 0.1) is 17.4 Å². The van der Waals surface area contributed by atoms with E-state index in [0.29, 0.717) is 5.56 Å². The molecule has 0 fully saturated rings. The van der Waals surface area contributed by atoms with Gasteiger partial charge in [0, 0.05) is 18.4 Å². The molecule has 0 spiro atoms. The van der Waals surface area contributed by atoms with Crippen molar-refractivity contribution >= 4 is 17.3 Å². The maximum absolute atomic E-state index is 11.1. The molecule has 0 bridgehead atoms. The number of fused-ring (bicyclic) bond motifs is 1. The summed E-state index contributed by atoms with van der Waals surface area (Å²) >= 11 is 0. The number of anilines is 2. The molecular formula is C15H14N2O2. The molecule has 19 heavy (non-hydrogen) atoms. The first-order valence-corrected chi connectivity index (χ1v) is 6.20. The summed E-state index contributed by atoms with van der Waals surface area (Å²) in [5.41, 5.74) is 4.60. The lowest BCUT2D eigenvalue weighted by Crippen LogP contribution is -2.14. The second kappa shape index (κ2) is 4.39. The van der Waals surface area contributed by atoms with Crippen LogP contribution in [0, 0.1) is 6.92 Å². The summed E-state index contributed by atoms with van der Waals surface area (Å²) in [4.78, 5) is 17.4. The van der Waals surface area contributed by atoms with E-state index in [2.05, 4.69) is 16.0 Å². The summed E-state index contributed by atoms with van der Waals surface area (Å²) in [5, 5.41) is 9.09. The van der Waals surface area contributed by atoms with Gasteiger partial charge in [-0.2, -0.15) is 0 Å². The van der Waals surface area contributed by atoms with Crippen LogP contribution in [0.15, 0.2) is 36.7 Å². The second-order valence-corrected chi connectivity index (χ2v) is 4.77. The number of pyridine rings is 1. The fraction of sp³-hybridized carbons (Fsp3) is 0.200. The number of rotatable bonds is 2. The largest absolute Gasteiger partial charge is 0.478 e. The zero-order valence-corrected chi connectivity index (χ0v) is 10.6. The number of carboxylic acids is 1. The first-order chi connectivity index (χ1) is 9.15. The van der Waals surface area contributed by atoms with Crippen molar-refractivity contribution in [2.45, 2.75) is 13.3 Å². The van der Waals surface area contributed by atoms with Crippen molar-refractivity contribution in [1.29, 1.82) is 0 Å². The maximum atomic E-state index is 11.1. The second-order valence-electron chi connectivity index (χ2n) is 4.77. The van der Waals surface area contributed by atoms with E-state index in [1.807, 2.05) is 25.4 Å². The van der Waals surface area contributed by atoms with Crippen LogP contribution >= 0.6 is 0 Å². The van der Waals surface area contributed by atoms with Gasteiger partial charge >= 0.3 is 5.97 Å². The molecule has 96 valence electrons. The monoisotopic (exact) mass is 254 g/mol. The van der Waals surface area contributed by atoms with Crippen molar-refractivity contribution in [2.24, 2.45) is 0 Å². The van der Waals surface area contributed by atoms with Gasteiger partial charge in [-0.25, -0.2) is 4.79 Å². The van der Waals surface area contributed by atoms with E-state index in [4.69, 9.17) is 5.11 Å². The number of hydrogen-bond acceptors (Lipinski definition) is 3. The topological polar surface area (TPSA) is 53.4 Å². The van der Waals surface area contributed by atoms with E-state index in [0.717, 1.165) is 29.9 Å². The number of carboxylic acid groups (broad SMARTS) is 1. The molecule has 4 nitrogen and oxygen atoms in total. The molecular weight excluding hydrogens is 240 g/mol. The van der Waals surface area contributed by atoms with Crippen molar-refractivity contribution in [3.05, 3.63) is 53.3 Å². The highest BCUT2D eigenvalue weighted by molar-refractivity contribution is 5.90. The molecule has 0 saturated carbocycles. The van der Waals surface area contributed by atoms with Gasteiger partial charge in [-0.1, -0.05) is 6.07 Å². The Labute approximate surface area is 111 Å². The van der Waals surface area contributed by atoms with Crippen LogP contribution < -0.4 is 4.90 Å². The fourth-order valence-electron chi connectivity index (χ4n) is 2.47. The van der Waals surface area contributed by atoms with Crippen molar-refractivity contribution in [3.8, 4) is 0 Å². The minimum Gasteiger partial charge on any atom is -0.478 e. The molecule has 2 aromatic rings. The van der Waals surface area contributed by atoms with Crippen LogP contribution in [0.3, 0.4) is 0 Å². The third-order valence-electron chi connectivity index (χ3n) is 3.40. The van der Waals surface area contributed by atoms with E-state index in [1.54, 1.807) is 12.1 Å². The molecule has 1 aliphatic heterocycles. The highest BCUT2D eigenvalue weighted by Gasteiger charge is 2.22. The highest BCUT2D eigenvalue weighted by Crippen LogP contribution is 2.35. The molecule has 0 amide bonds. The molecule has 1 N–H and O–H groups in total. The molecule has 0 saturated heterocycles. The van der Waals surface area contributed by atoms with E-state index >= 15 is 0 Å². The van der Waals surface area contributed by atoms with E-state index < -0.39 is 5.97 Å². The molecule has 1 aromatic carbocycles. The van der Waals surface area contributed by atoms with Gasteiger partial charge in [0.25, 0.3) is 0 Å². The van der Waals surface area contributed by atoms with Crippen LogP contribution in [0.4, 0.5) is 11.4 Å². The quantitative estimate of drug-likeness (QED) is 0.895. The van der Waals surface area contributed by atoms with Gasteiger partial charge < -0.3 is 10.0 Å². The molecule has 1 aromatic heterocycles. The molecule has 1 aliphatic rings. The summed E-state index contributed by atoms with van der Waals surface area (Å²) < 4.78 is 0. The average molecular weight is 254 g/mol. The summed E-state index contributed by atoms with van der Waals surface area (Å²) in [6.45, 7) is 2.87. The molecule has 0 radical (unpaired) electrons. The Kier molecular flexibility index (Phi) is 2.71. The molecule has 0 atom stereocenters. The maximum Gasteiger partial charge on any atom is 0.335 e. The Hall–Kier alpha value is -2.36. The number of nitrogens with zero attached hydrogens (tertiary/aromatic N) is 2. The molecule has 0 unspecified atom stereocenters.